The number of nitrogens with one attached hydrogen (secondary N) is 1. The minimum atomic E-state index is 0.973. The van der Waals surface area contributed by atoms with Crippen molar-refractivity contribution in [3.05, 3.63) is 39.8 Å². The van der Waals surface area contributed by atoms with E-state index in [1.807, 2.05) is 6.92 Å². The smallest absolute Gasteiger partial charge is 0.0596 e. The molecule has 0 bridgehead atoms. The van der Waals surface area contributed by atoms with Crippen LogP contribution in [0.3, 0.4) is 0 Å². The summed E-state index contributed by atoms with van der Waals surface area (Å²) in [6.07, 6.45) is 1.12. The second-order valence-electron chi connectivity index (χ2n) is 4.31. The Morgan fingerprint density at radius 2 is 2.29 bits per heavy atom. The molecule has 0 fully saturated rings. The summed E-state index contributed by atoms with van der Waals surface area (Å²) in [5.41, 5.74) is 3.73. The molecule has 17 heavy (non-hydrogen) atoms. The van der Waals surface area contributed by atoms with Crippen molar-refractivity contribution in [3.63, 3.8) is 0 Å². The number of aryl methyl sites for hydroxylation is 3. The standard InChI is InChI=1S/C13H19N3S/c1-11-8-12(2)16(15-11)6-3-5-14-9-13-4-7-17-10-13/h4,7-8,10,14H,3,5-6,9H2,1-2H3. The van der Waals surface area contributed by atoms with E-state index >= 15 is 0 Å². The summed E-state index contributed by atoms with van der Waals surface area (Å²) in [7, 11) is 0. The van der Waals surface area contributed by atoms with E-state index in [1.165, 1.54) is 11.3 Å². The van der Waals surface area contributed by atoms with E-state index in [9.17, 15) is 0 Å². The van der Waals surface area contributed by atoms with Crippen LogP contribution in [0.25, 0.3) is 0 Å². The maximum Gasteiger partial charge on any atom is 0.0596 e. The molecular weight excluding hydrogens is 230 g/mol. The first-order chi connectivity index (χ1) is 8.25. The first-order valence-electron chi connectivity index (χ1n) is 5.98. The first-order valence-corrected chi connectivity index (χ1v) is 6.93. The van der Waals surface area contributed by atoms with E-state index in [-0.39, 0.29) is 0 Å². The lowest BCUT2D eigenvalue weighted by molar-refractivity contribution is 0.532. The zero-order chi connectivity index (χ0) is 12.1. The molecule has 1 N–H and O–H groups in total. The van der Waals surface area contributed by atoms with Crippen molar-refractivity contribution in [1.82, 2.24) is 15.1 Å². The van der Waals surface area contributed by atoms with Gasteiger partial charge in [-0.1, -0.05) is 0 Å². The molecule has 4 heteroatoms. The van der Waals surface area contributed by atoms with E-state index in [1.54, 1.807) is 11.3 Å². The molecule has 0 radical (unpaired) electrons. The van der Waals surface area contributed by atoms with Crippen molar-refractivity contribution in [3.8, 4) is 0 Å². The summed E-state index contributed by atoms with van der Waals surface area (Å²) in [4.78, 5) is 0. The van der Waals surface area contributed by atoms with Gasteiger partial charge >= 0.3 is 0 Å². The molecule has 0 aliphatic rings. The zero-order valence-corrected chi connectivity index (χ0v) is 11.3. The highest BCUT2D eigenvalue weighted by Crippen LogP contribution is 2.05. The van der Waals surface area contributed by atoms with Gasteiger partial charge in [-0.05, 0) is 55.3 Å². The summed E-state index contributed by atoms with van der Waals surface area (Å²) < 4.78 is 2.08. The Bertz CT molecular complexity index is 445. The molecule has 0 aliphatic carbocycles. The third-order valence-electron chi connectivity index (χ3n) is 2.74. The van der Waals surface area contributed by atoms with Crippen LogP contribution in [0.4, 0.5) is 0 Å². The Morgan fingerprint density at radius 1 is 1.41 bits per heavy atom. The van der Waals surface area contributed by atoms with Gasteiger partial charge in [0, 0.05) is 18.8 Å². The average molecular weight is 249 g/mol. The van der Waals surface area contributed by atoms with Crippen LogP contribution in [0.1, 0.15) is 23.4 Å². The minimum absolute atomic E-state index is 0.973. The maximum atomic E-state index is 4.45. The van der Waals surface area contributed by atoms with Gasteiger partial charge in [-0.2, -0.15) is 16.4 Å². The van der Waals surface area contributed by atoms with E-state index in [0.29, 0.717) is 0 Å². The van der Waals surface area contributed by atoms with E-state index in [4.69, 9.17) is 0 Å². The highest BCUT2D eigenvalue weighted by molar-refractivity contribution is 7.07. The second kappa shape index (κ2) is 5.98. The average Bonchev–Trinajstić information content (AvgIpc) is 2.89. The predicted octanol–water partition coefficient (Wildman–Crippen LogP) is 2.74. The number of nitrogens with zero attached hydrogens (tertiary/aromatic N) is 2. The lowest BCUT2D eigenvalue weighted by atomic mass is 10.3. The molecule has 0 saturated carbocycles. The summed E-state index contributed by atoms with van der Waals surface area (Å²) in [5, 5.41) is 12.2. The lowest BCUT2D eigenvalue weighted by Gasteiger charge is -2.05. The third-order valence-corrected chi connectivity index (χ3v) is 3.47. The maximum absolute atomic E-state index is 4.45. The van der Waals surface area contributed by atoms with Crippen molar-refractivity contribution in [1.29, 1.82) is 0 Å². The van der Waals surface area contributed by atoms with Crippen molar-refractivity contribution < 1.29 is 0 Å². The fourth-order valence-corrected chi connectivity index (χ4v) is 2.55. The van der Waals surface area contributed by atoms with Crippen LogP contribution in [-0.2, 0) is 13.1 Å². The van der Waals surface area contributed by atoms with Crippen molar-refractivity contribution >= 4 is 11.3 Å². The van der Waals surface area contributed by atoms with Crippen LogP contribution in [0.2, 0.25) is 0 Å². The fraction of sp³-hybridized carbons (Fsp3) is 0.462. The minimum Gasteiger partial charge on any atom is -0.313 e. The largest absolute Gasteiger partial charge is 0.313 e. The topological polar surface area (TPSA) is 29.9 Å². The molecule has 0 atom stereocenters. The van der Waals surface area contributed by atoms with Crippen molar-refractivity contribution in [2.45, 2.75) is 33.4 Å². The second-order valence-corrected chi connectivity index (χ2v) is 5.09. The normalized spacial score (nSPS) is 10.9. The van der Waals surface area contributed by atoms with Gasteiger partial charge in [0.15, 0.2) is 0 Å². The molecule has 3 nitrogen and oxygen atoms in total. The van der Waals surface area contributed by atoms with Gasteiger partial charge in [0.1, 0.15) is 0 Å². The SMILES string of the molecule is Cc1cc(C)n(CCCNCc2ccsc2)n1. The summed E-state index contributed by atoms with van der Waals surface area (Å²) in [5.74, 6) is 0. The highest BCUT2D eigenvalue weighted by Gasteiger charge is 1.99. The fourth-order valence-electron chi connectivity index (χ4n) is 1.88. The monoisotopic (exact) mass is 249 g/mol. The molecule has 0 aliphatic heterocycles. The van der Waals surface area contributed by atoms with E-state index in [2.05, 4.69) is 44.9 Å². The van der Waals surface area contributed by atoms with Crippen LogP contribution in [-0.4, -0.2) is 16.3 Å². The lowest BCUT2D eigenvalue weighted by Crippen LogP contribution is -2.16. The molecule has 2 rings (SSSR count). The Kier molecular flexibility index (Phi) is 4.34. The number of rotatable bonds is 6. The number of hydrogen-bond donors (Lipinski definition) is 1. The van der Waals surface area contributed by atoms with E-state index in [0.717, 1.165) is 31.7 Å². The molecule has 2 aromatic rings. The molecule has 2 heterocycles. The van der Waals surface area contributed by atoms with Crippen molar-refractivity contribution in [2.75, 3.05) is 6.54 Å². The molecule has 0 saturated heterocycles. The quantitative estimate of drug-likeness (QED) is 0.798. The van der Waals surface area contributed by atoms with Crippen LogP contribution in [0, 0.1) is 13.8 Å². The first kappa shape index (κ1) is 12.3. The molecule has 92 valence electrons. The highest BCUT2D eigenvalue weighted by atomic mass is 32.1. The van der Waals surface area contributed by atoms with Gasteiger partial charge in [0.25, 0.3) is 0 Å². The van der Waals surface area contributed by atoms with Gasteiger partial charge in [-0.3, -0.25) is 4.68 Å². The Hall–Kier alpha value is -1.13. The molecule has 0 spiro atoms. The summed E-state index contributed by atoms with van der Waals surface area (Å²) >= 11 is 1.75. The molecule has 2 aromatic heterocycles. The predicted molar refractivity (Wildman–Crippen MR) is 72.3 cm³/mol. The molecular formula is C13H19N3S. The van der Waals surface area contributed by atoms with Gasteiger partial charge in [0.2, 0.25) is 0 Å². The molecule has 0 aromatic carbocycles. The summed E-state index contributed by atoms with van der Waals surface area (Å²) in [6, 6.07) is 4.29. The zero-order valence-electron chi connectivity index (χ0n) is 10.4. The van der Waals surface area contributed by atoms with Gasteiger partial charge in [-0.25, -0.2) is 0 Å². The molecule has 0 unspecified atom stereocenters. The molecule has 0 amide bonds. The van der Waals surface area contributed by atoms with Crippen molar-refractivity contribution in [2.24, 2.45) is 0 Å². The summed E-state index contributed by atoms with van der Waals surface area (Å²) in [6.45, 7) is 7.15. The van der Waals surface area contributed by atoms with Crippen LogP contribution >= 0.6 is 11.3 Å². The van der Waals surface area contributed by atoms with Gasteiger partial charge in [0.05, 0.1) is 5.69 Å². The Balaban J connectivity index is 1.65. The number of aromatic nitrogens is 2. The Morgan fingerprint density at radius 3 is 2.94 bits per heavy atom. The third kappa shape index (κ3) is 3.68. The van der Waals surface area contributed by atoms with Crippen LogP contribution in [0.5, 0.6) is 0 Å². The van der Waals surface area contributed by atoms with Crippen LogP contribution < -0.4 is 5.32 Å². The van der Waals surface area contributed by atoms with Crippen LogP contribution in [0.15, 0.2) is 22.9 Å². The van der Waals surface area contributed by atoms with Gasteiger partial charge in [-0.15, -0.1) is 0 Å². The van der Waals surface area contributed by atoms with E-state index < -0.39 is 0 Å². The van der Waals surface area contributed by atoms with Gasteiger partial charge < -0.3 is 5.32 Å². The number of thiophene rings is 1. The number of hydrogen-bond acceptors (Lipinski definition) is 3. The Labute approximate surface area is 106 Å².